The van der Waals surface area contributed by atoms with Gasteiger partial charge in [0.25, 0.3) is 0 Å². The highest BCUT2D eigenvalue weighted by Crippen LogP contribution is 2.30. The van der Waals surface area contributed by atoms with Crippen LogP contribution in [-0.4, -0.2) is 20.2 Å². The van der Waals surface area contributed by atoms with Gasteiger partial charge in [-0.15, -0.1) is 0 Å². The number of methoxy groups -OCH3 is 1. The molecule has 0 aliphatic heterocycles. The Balaban J connectivity index is 1.95. The summed E-state index contributed by atoms with van der Waals surface area (Å²) < 4.78 is 5.61. The van der Waals surface area contributed by atoms with Crippen molar-refractivity contribution >= 4 is 16.5 Å². The number of hydrogen-bond donors (Lipinski definition) is 0. The van der Waals surface area contributed by atoms with Crippen molar-refractivity contribution in [3.8, 4) is 5.75 Å². The number of fused-ring (bicyclic) bond motifs is 1. The fourth-order valence-corrected chi connectivity index (χ4v) is 3.31. The fraction of sp³-hybridized carbons (Fsp3) is 0.273. The lowest BCUT2D eigenvalue weighted by Gasteiger charge is -2.21. The van der Waals surface area contributed by atoms with Gasteiger partial charge >= 0.3 is 0 Å². The minimum absolute atomic E-state index is 0.878. The maximum atomic E-state index is 5.61. The molecule has 24 heavy (non-hydrogen) atoms. The van der Waals surface area contributed by atoms with Crippen LogP contribution < -0.4 is 9.64 Å². The van der Waals surface area contributed by atoms with Gasteiger partial charge in [-0.05, 0) is 48.4 Å². The highest BCUT2D eigenvalue weighted by atomic mass is 16.5. The van der Waals surface area contributed by atoms with Gasteiger partial charge < -0.3 is 9.64 Å². The van der Waals surface area contributed by atoms with Gasteiger partial charge in [0.05, 0.1) is 7.11 Å². The maximum Gasteiger partial charge on any atom is 0.123 e. The normalized spacial score (nSPS) is 10.8. The Hall–Kier alpha value is -2.48. The third-order valence-electron chi connectivity index (χ3n) is 4.66. The summed E-state index contributed by atoms with van der Waals surface area (Å²) in [6.07, 6.45) is 0.878. The lowest BCUT2D eigenvalue weighted by molar-refractivity contribution is 0.411. The Labute approximate surface area is 144 Å². The van der Waals surface area contributed by atoms with Crippen molar-refractivity contribution in [3.05, 3.63) is 71.8 Å². The first-order valence-corrected chi connectivity index (χ1v) is 8.65. The van der Waals surface area contributed by atoms with Gasteiger partial charge in [0.2, 0.25) is 0 Å². The summed E-state index contributed by atoms with van der Waals surface area (Å²) in [5.74, 6) is 0.960. The SMILES string of the molecule is CCN(CC)c1ccc(Cc2c(OC)ccc3ccccc23)cc1. The van der Waals surface area contributed by atoms with E-state index in [9.17, 15) is 0 Å². The van der Waals surface area contributed by atoms with Crippen LogP contribution in [0.4, 0.5) is 5.69 Å². The summed E-state index contributed by atoms with van der Waals surface area (Å²) in [6.45, 7) is 6.46. The molecule has 2 heteroatoms. The molecule has 3 rings (SSSR count). The molecule has 0 spiro atoms. The third-order valence-corrected chi connectivity index (χ3v) is 4.66. The van der Waals surface area contributed by atoms with Gasteiger partial charge in [0.15, 0.2) is 0 Å². The first-order chi connectivity index (χ1) is 11.8. The second kappa shape index (κ2) is 7.39. The topological polar surface area (TPSA) is 12.5 Å². The standard InChI is InChI=1S/C22H25NO/c1-4-23(5-2)19-13-10-17(11-14-19)16-21-20-9-7-6-8-18(20)12-15-22(21)24-3/h6-15H,4-5,16H2,1-3H3. The van der Waals surface area contributed by atoms with Gasteiger partial charge in [-0.2, -0.15) is 0 Å². The van der Waals surface area contributed by atoms with Gasteiger partial charge in [-0.25, -0.2) is 0 Å². The van der Waals surface area contributed by atoms with E-state index in [0.29, 0.717) is 0 Å². The van der Waals surface area contributed by atoms with Gasteiger partial charge in [-0.3, -0.25) is 0 Å². The number of nitrogens with zero attached hydrogens (tertiary/aromatic N) is 1. The van der Waals surface area contributed by atoms with Crippen molar-refractivity contribution in [2.45, 2.75) is 20.3 Å². The van der Waals surface area contributed by atoms with Crippen LogP contribution in [0.5, 0.6) is 5.75 Å². The Morgan fingerprint density at radius 2 is 1.54 bits per heavy atom. The quantitative estimate of drug-likeness (QED) is 0.612. The zero-order chi connectivity index (χ0) is 16.9. The molecule has 0 aliphatic carbocycles. The van der Waals surface area contributed by atoms with Crippen LogP contribution in [0.15, 0.2) is 60.7 Å². The van der Waals surface area contributed by atoms with Gasteiger partial charge in [0, 0.05) is 30.8 Å². The molecule has 0 bridgehead atoms. The number of rotatable bonds is 6. The fourth-order valence-electron chi connectivity index (χ4n) is 3.31. The van der Waals surface area contributed by atoms with Crippen molar-refractivity contribution < 1.29 is 4.74 Å². The van der Waals surface area contributed by atoms with Gasteiger partial charge in [0.1, 0.15) is 5.75 Å². The van der Waals surface area contributed by atoms with E-state index in [-0.39, 0.29) is 0 Å². The summed E-state index contributed by atoms with van der Waals surface area (Å²) in [6, 6.07) is 21.6. The van der Waals surface area contributed by atoms with Crippen LogP contribution in [-0.2, 0) is 6.42 Å². The molecular formula is C22H25NO. The molecule has 3 aromatic rings. The van der Waals surface area contributed by atoms with Crippen LogP contribution in [0.1, 0.15) is 25.0 Å². The molecule has 0 saturated heterocycles. The number of hydrogen-bond acceptors (Lipinski definition) is 2. The Bertz CT molecular complexity index is 804. The molecule has 0 heterocycles. The van der Waals surface area contributed by atoms with E-state index in [1.165, 1.54) is 27.6 Å². The van der Waals surface area contributed by atoms with E-state index in [1.54, 1.807) is 7.11 Å². The van der Waals surface area contributed by atoms with Crippen LogP contribution >= 0.6 is 0 Å². The molecule has 0 aliphatic rings. The Morgan fingerprint density at radius 3 is 2.21 bits per heavy atom. The maximum absolute atomic E-state index is 5.61. The van der Waals surface area contributed by atoms with E-state index >= 15 is 0 Å². The number of ether oxygens (including phenoxy) is 1. The molecule has 2 nitrogen and oxygen atoms in total. The van der Waals surface area contributed by atoms with E-state index < -0.39 is 0 Å². The molecule has 0 saturated carbocycles. The van der Waals surface area contributed by atoms with E-state index in [0.717, 1.165) is 25.3 Å². The highest BCUT2D eigenvalue weighted by Gasteiger charge is 2.09. The van der Waals surface area contributed by atoms with Crippen molar-refractivity contribution in [3.63, 3.8) is 0 Å². The minimum Gasteiger partial charge on any atom is -0.496 e. The molecule has 0 amide bonds. The molecule has 0 atom stereocenters. The van der Waals surface area contributed by atoms with Crippen LogP contribution in [0, 0.1) is 0 Å². The molecule has 0 fully saturated rings. The van der Waals surface area contributed by atoms with Gasteiger partial charge in [-0.1, -0.05) is 42.5 Å². The molecule has 0 radical (unpaired) electrons. The third kappa shape index (κ3) is 3.23. The van der Waals surface area contributed by atoms with E-state index in [1.807, 2.05) is 0 Å². The molecule has 0 unspecified atom stereocenters. The summed E-state index contributed by atoms with van der Waals surface area (Å²) in [5.41, 5.74) is 3.85. The van der Waals surface area contributed by atoms with Crippen LogP contribution in [0.2, 0.25) is 0 Å². The summed E-state index contributed by atoms with van der Waals surface area (Å²) in [4.78, 5) is 2.36. The first kappa shape index (κ1) is 16.4. The van der Waals surface area contributed by atoms with Crippen molar-refractivity contribution in [2.75, 3.05) is 25.1 Å². The Morgan fingerprint density at radius 1 is 0.833 bits per heavy atom. The van der Waals surface area contributed by atoms with Crippen LogP contribution in [0.25, 0.3) is 10.8 Å². The minimum atomic E-state index is 0.878. The monoisotopic (exact) mass is 319 g/mol. The summed E-state index contributed by atoms with van der Waals surface area (Å²) >= 11 is 0. The highest BCUT2D eigenvalue weighted by molar-refractivity contribution is 5.88. The lowest BCUT2D eigenvalue weighted by Crippen LogP contribution is -2.21. The largest absolute Gasteiger partial charge is 0.496 e. The second-order valence-electron chi connectivity index (χ2n) is 5.98. The van der Waals surface area contributed by atoms with Crippen LogP contribution in [0.3, 0.4) is 0 Å². The molecule has 0 aromatic heterocycles. The van der Waals surface area contributed by atoms with E-state index in [2.05, 4.69) is 79.4 Å². The molecule has 124 valence electrons. The first-order valence-electron chi connectivity index (χ1n) is 8.65. The smallest absolute Gasteiger partial charge is 0.123 e. The zero-order valence-electron chi connectivity index (χ0n) is 14.8. The van der Waals surface area contributed by atoms with E-state index in [4.69, 9.17) is 4.74 Å². The number of anilines is 1. The average molecular weight is 319 g/mol. The molecular weight excluding hydrogens is 294 g/mol. The molecule has 3 aromatic carbocycles. The second-order valence-corrected chi connectivity index (χ2v) is 5.98. The molecule has 0 N–H and O–H groups in total. The summed E-state index contributed by atoms with van der Waals surface area (Å²) in [7, 11) is 1.75. The Kier molecular flexibility index (Phi) is 5.05. The van der Waals surface area contributed by atoms with Crippen molar-refractivity contribution in [1.29, 1.82) is 0 Å². The van der Waals surface area contributed by atoms with Crippen molar-refractivity contribution in [2.24, 2.45) is 0 Å². The number of benzene rings is 3. The zero-order valence-corrected chi connectivity index (χ0v) is 14.8. The lowest BCUT2D eigenvalue weighted by atomic mass is 9.97. The van der Waals surface area contributed by atoms with Crippen molar-refractivity contribution in [1.82, 2.24) is 0 Å². The summed E-state index contributed by atoms with van der Waals surface area (Å²) in [5, 5.41) is 2.53. The predicted octanol–water partition coefficient (Wildman–Crippen LogP) is 5.29. The predicted molar refractivity (Wildman–Crippen MR) is 103 cm³/mol. The average Bonchev–Trinajstić information content (AvgIpc) is 2.64.